The van der Waals surface area contributed by atoms with E-state index in [1.54, 1.807) is 24.3 Å². The van der Waals surface area contributed by atoms with Crippen LogP contribution in [0.5, 0.6) is 11.5 Å². The Bertz CT molecular complexity index is 1350. The highest BCUT2D eigenvalue weighted by molar-refractivity contribution is 6.46. The molecule has 1 amide bonds. The summed E-state index contributed by atoms with van der Waals surface area (Å²) in [4.78, 5) is 28.4. The van der Waals surface area contributed by atoms with Crippen LogP contribution in [0.25, 0.3) is 5.76 Å². The quantitative estimate of drug-likeness (QED) is 0.198. The molecule has 0 spiro atoms. The zero-order chi connectivity index (χ0) is 28.3. The van der Waals surface area contributed by atoms with Gasteiger partial charge in [-0.15, -0.1) is 0 Å². The minimum absolute atomic E-state index is 0.00782. The molecule has 0 bridgehead atoms. The molecular weight excluding hydrogens is 490 g/mol. The molecule has 0 aliphatic carbocycles. The van der Waals surface area contributed by atoms with Gasteiger partial charge >= 0.3 is 0 Å². The normalized spacial score (nSPS) is 17.1. The average Bonchev–Trinajstić information content (AvgIpc) is 3.14. The van der Waals surface area contributed by atoms with E-state index in [-0.39, 0.29) is 29.4 Å². The SMILES string of the molecule is CCOc1ccc(CN2C(=O)C(=O)/C(=C(\O)c3ccc(OC(C)C)cc3)C2c2ccc(C(C)(C)C)cc2)cc1. The molecule has 6 heteroatoms. The van der Waals surface area contributed by atoms with Gasteiger partial charge in [0.2, 0.25) is 0 Å². The van der Waals surface area contributed by atoms with Crippen molar-refractivity contribution in [2.24, 2.45) is 0 Å². The number of carbonyl (C=O) groups excluding carboxylic acids is 2. The summed E-state index contributed by atoms with van der Waals surface area (Å²) in [5.41, 5.74) is 3.22. The number of aliphatic hydroxyl groups excluding tert-OH is 1. The van der Waals surface area contributed by atoms with Gasteiger partial charge in [0.05, 0.1) is 24.3 Å². The van der Waals surface area contributed by atoms with Crippen LogP contribution in [0.15, 0.2) is 78.4 Å². The van der Waals surface area contributed by atoms with Gasteiger partial charge in [-0.3, -0.25) is 9.59 Å². The van der Waals surface area contributed by atoms with Gasteiger partial charge in [-0.2, -0.15) is 0 Å². The van der Waals surface area contributed by atoms with Crippen LogP contribution in [0, 0.1) is 0 Å². The summed E-state index contributed by atoms with van der Waals surface area (Å²) in [6.45, 7) is 13.0. The molecule has 1 aliphatic heterocycles. The second-order valence-electron chi connectivity index (χ2n) is 11.1. The van der Waals surface area contributed by atoms with Crippen molar-refractivity contribution in [1.82, 2.24) is 4.90 Å². The Morgan fingerprint density at radius 2 is 1.49 bits per heavy atom. The highest BCUT2D eigenvalue weighted by Gasteiger charge is 2.46. The van der Waals surface area contributed by atoms with Crippen molar-refractivity contribution in [2.75, 3.05) is 6.61 Å². The standard InChI is InChI=1S/C33H37NO5/c1-7-38-26-16-8-22(9-17-26)20-34-29(23-10-14-25(15-11-23)33(4,5)6)28(31(36)32(34)37)30(35)24-12-18-27(19-13-24)39-21(2)3/h8-19,21,29,35H,7,20H2,1-6H3/b30-28-. The monoisotopic (exact) mass is 527 g/mol. The lowest BCUT2D eigenvalue weighted by molar-refractivity contribution is -0.140. The van der Waals surface area contributed by atoms with Crippen LogP contribution in [0.4, 0.5) is 0 Å². The number of hydrogen-bond donors (Lipinski definition) is 1. The van der Waals surface area contributed by atoms with Crippen molar-refractivity contribution in [3.8, 4) is 11.5 Å². The van der Waals surface area contributed by atoms with Gasteiger partial charge < -0.3 is 19.5 Å². The van der Waals surface area contributed by atoms with Gasteiger partial charge in [0.15, 0.2) is 0 Å². The van der Waals surface area contributed by atoms with Crippen LogP contribution in [0.1, 0.15) is 69.8 Å². The van der Waals surface area contributed by atoms with E-state index in [9.17, 15) is 14.7 Å². The van der Waals surface area contributed by atoms with Crippen molar-refractivity contribution < 1.29 is 24.2 Å². The second kappa shape index (κ2) is 11.4. The van der Waals surface area contributed by atoms with E-state index < -0.39 is 17.7 Å². The molecule has 3 aromatic rings. The van der Waals surface area contributed by atoms with Crippen LogP contribution >= 0.6 is 0 Å². The number of benzene rings is 3. The van der Waals surface area contributed by atoms with Crippen molar-refractivity contribution in [3.63, 3.8) is 0 Å². The third-order valence-corrected chi connectivity index (χ3v) is 6.72. The largest absolute Gasteiger partial charge is 0.507 e. The fourth-order valence-corrected chi connectivity index (χ4v) is 4.73. The Balaban J connectivity index is 1.78. The molecule has 39 heavy (non-hydrogen) atoms. The Morgan fingerprint density at radius 3 is 2.03 bits per heavy atom. The summed E-state index contributed by atoms with van der Waals surface area (Å²) in [7, 11) is 0. The van der Waals surface area contributed by atoms with Crippen LogP contribution in [-0.4, -0.2) is 34.4 Å². The lowest BCUT2D eigenvalue weighted by Gasteiger charge is -2.26. The molecule has 204 valence electrons. The first-order valence-corrected chi connectivity index (χ1v) is 13.4. The summed E-state index contributed by atoms with van der Waals surface area (Å²) < 4.78 is 11.3. The average molecular weight is 528 g/mol. The van der Waals surface area contributed by atoms with Crippen molar-refractivity contribution in [2.45, 2.75) is 65.6 Å². The molecule has 1 unspecified atom stereocenters. The second-order valence-corrected chi connectivity index (χ2v) is 11.1. The van der Waals surface area contributed by atoms with Crippen LogP contribution in [0.2, 0.25) is 0 Å². The van der Waals surface area contributed by atoms with Crippen LogP contribution in [-0.2, 0) is 21.5 Å². The Morgan fingerprint density at radius 1 is 0.897 bits per heavy atom. The molecule has 4 rings (SSSR count). The molecular formula is C33H37NO5. The number of Topliss-reactive ketones (excluding diaryl/α,β-unsaturated/α-hetero) is 1. The smallest absolute Gasteiger partial charge is 0.295 e. The zero-order valence-electron chi connectivity index (χ0n) is 23.5. The molecule has 1 heterocycles. The van der Waals surface area contributed by atoms with Crippen LogP contribution < -0.4 is 9.47 Å². The number of carbonyl (C=O) groups is 2. The molecule has 0 aromatic heterocycles. The molecule has 1 saturated heterocycles. The first-order valence-electron chi connectivity index (χ1n) is 13.4. The molecule has 1 aliphatic rings. The van der Waals surface area contributed by atoms with Crippen molar-refractivity contribution in [3.05, 3.63) is 101 Å². The predicted octanol–water partition coefficient (Wildman–Crippen LogP) is 6.79. The van der Waals surface area contributed by atoms with E-state index in [1.165, 1.54) is 4.90 Å². The number of hydrogen-bond acceptors (Lipinski definition) is 5. The minimum atomic E-state index is -0.739. The molecule has 1 N–H and O–H groups in total. The fourth-order valence-electron chi connectivity index (χ4n) is 4.73. The van der Waals surface area contributed by atoms with E-state index in [4.69, 9.17) is 9.47 Å². The van der Waals surface area contributed by atoms with Gasteiger partial charge in [0.1, 0.15) is 17.3 Å². The lowest BCUT2D eigenvalue weighted by Crippen LogP contribution is -2.29. The van der Waals surface area contributed by atoms with E-state index in [0.29, 0.717) is 17.9 Å². The summed E-state index contributed by atoms with van der Waals surface area (Å²) in [5, 5.41) is 11.4. The summed E-state index contributed by atoms with van der Waals surface area (Å²) in [6.07, 6.45) is 0.00782. The summed E-state index contributed by atoms with van der Waals surface area (Å²) in [5.74, 6) is -0.154. The first-order chi connectivity index (χ1) is 18.5. The molecule has 1 fully saturated rings. The van der Waals surface area contributed by atoms with Crippen LogP contribution in [0.3, 0.4) is 0 Å². The molecule has 6 nitrogen and oxygen atoms in total. The topological polar surface area (TPSA) is 76.1 Å². The van der Waals surface area contributed by atoms with E-state index >= 15 is 0 Å². The molecule has 1 atom stereocenters. The predicted molar refractivity (Wildman–Crippen MR) is 153 cm³/mol. The lowest BCUT2D eigenvalue weighted by atomic mass is 9.85. The number of nitrogens with zero attached hydrogens (tertiary/aromatic N) is 1. The zero-order valence-corrected chi connectivity index (χ0v) is 23.5. The Kier molecular flexibility index (Phi) is 8.14. The Hall–Kier alpha value is -4.06. The number of likely N-dealkylation sites (tertiary alicyclic amines) is 1. The highest BCUT2D eigenvalue weighted by atomic mass is 16.5. The van der Waals surface area contributed by atoms with Gasteiger partial charge in [-0.25, -0.2) is 0 Å². The van der Waals surface area contributed by atoms with Gasteiger partial charge in [0, 0.05) is 12.1 Å². The van der Waals surface area contributed by atoms with E-state index in [2.05, 4.69) is 20.8 Å². The molecule has 3 aromatic carbocycles. The molecule has 0 radical (unpaired) electrons. The highest BCUT2D eigenvalue weighted by Crippen LogP contribution is 2.41. The van der Waals surface area contributed by atoms with Gasteiger partial charge in [-0.05, 0) is 79.3 Å². The third kappa shape index (κ3) is 6.17. The number of ether oxygens (including phenoxy) is 2. The van der Waals surface area contributed by atoms with Crippen molar-refractivity contribution >= 4 is 17.4 Å². The third-order valence-electron chi connectivity index (χ3n) is 6.72. The summed E-state index contributed by atoms with van der Waals surface area (Å²) >= 11 is 0. The number of ketones is 1. The summed E-state index contributed by atoms with van der Waals surface area (Å²) in [6, 6.07) is 21.5. The minimum Gasteiger partial charge on any atom is -0.507 e. The van der Waals surface area contributed by atoms with E-state index in [0.717, 1.165) is 22.4 Å². The maximum Gasteiger partial charge on any atom is 0.295 e. The number of amides is 1. The van der Waals surface area contributed by atoms with Gasteiger partial charge in [-0.1, -0.05) is 57.2 Å². The molecule has 0 saturated carbocycles. The van der Waals surface area contributed by atoms with E-state index in [1.807, 2.05) is 69.3 Å². The van der Waals surface area contributed by atoms with Crippen molar-refractivity contribution in [1.29, 1.82) is 0 Å². The maximum absolute atomic E-state index is 13.4. The number of aliphatic hydroxyl groups is 1. The Labute approximate surface area is 230 Å². The maximum atomic E-state index is 13.4. The van der Waals surface area contributed by atoms with Gasteiger partial charge in [0.25, 0.3) is 11.7 Å². The number of rotatable bonds is 8. The fraction of sp³-hybridized carbons (Fsp3) is 0.333. The first kappa shape index (κ1) is 28.0.